The second-order valence-electron chi connectivity index (χ2n) is 5.68. The number of nitro groups is 1. The molecule has 1 N–H and O–H groups in total. The maximum absolute atomic E-state index is 12.4. The highest BCUT2D eigenvalue weighted by molar-refractivity contribution is 5.96. The Morgan fingerprint density at radius 2 is 1.95 bits per heavy atom. The average molecular weight is 291 g/mol. The highest BCUT2D eigenvalue weighted by Crippen LogP contribution is 2.23. The molecule has 1 aromatic carbocycles. The van der Waals surface area contributed by atoms with Gasteiger partial charge in [0.05, 0.1) is 10.5 Å². The fourth-order valence-electron chi connectivity index (χ4n) is 2.89. The van der Waals surface area contributed by atoms with Crippen LogP contribution >= 0.6 is 0 Å². The minimum absolute atomic E-state index is 0.0256. The molecule has 1 saturated heterocycles. The standard InChI is InChI=1S/C15H21N3O3/c1-10-6-4-7-11(2)17(10)16-15(19)13-8-5-9-14(12(13)3)18(20)21/h5,8-11H,4,6-7H2,1-3H3,(H,16,19)/t10-,11+. The number of hydrogen-bond acceptors (Lipinski definition) is 4. The number of nitro benzene ring substituents is 1. The Bertz CT molecular complexity index is 549. The van der Waals surface area contributed by atoms with Crippen LogP contribution in [-0.4, -0.2) is 27.9 Å². The first-order valence-corrected chi connectivity index (χ1v) is 7.25. The second-order valence-corrected chi connectivity index (χ2v) is 5.68. The van der Waals surface area contributed by atoms with Crippen molar-refractivity contribution in [1.29, 1.82) is 0 Å². The van der Waals surface area contributed by atoms with E-state index in [1.165, 1.54) is 6.07 Å². The van der Waals surface area contributed by atoms with E-state index in [0.717, 1.165) is 19.3 Å². The van der Waals surface area contributed by atoms with Crippen LogP contribution in [0.4, 0.5) is 5.69 Å². The van der Waals surface area contributed by atoms with Gasteiger partial charge in [0, 0.05) is 23.7 Å². The maximum atomic E-state index is 12.4. The van der Waals surface area contributed by atoms with E-state index in [2.05, 4.69) is 19.3 Å². The first-order valence-electron chi connectivity index (χ1n) is 7.25. The number of amides is 1. The molecule has 0 bridgehead atoms. The molecule has 1 fully saturated rings. The van der Waals surface area contributed by atoms with E-state index >= 15 is 0 Å². The fourth-order valence-corrected chi connectivity index (χ4v) is 2.89. The number of hydrogen-bond donors (Lipinski definition) is 1. The molecule has 0 spiro atoms. The highest BCUT2D eigenvalue weighted by atomic mass is 16.6. The van der Waals surface area contributed by atoms with E-state index in [1.807, 2.05) is 5.01 Å². The van der Waals surface area contributed by atoms with Crippen molar-refractivity contribution in [1.82, 2.24) is 10.4 Å². The molecule has 1 amide bonds. The highest BCUT2D eigenvalue weighted by Gasteiger charge is 2.27. The first-order chi connectivity index (χ1) is 9.91. The summed E-state index contributed by atoms with van der Waals surface area (Å²) in [6.45, 7) is 5.77. The van der Waals surface area contributed by atoms with Crippen LogP contribution in [0, 0.1) is 17.0 Å². The zero-order valence-electron chi connectivity index (χ0n) is 12.6. The molecule has 1 aliphatic heterocycles. The van der Waals surface area contributed by atoms with E-state index in [-0.39, 0.29) is 23.7 Å². The maximum Gasteiger partial charge on any atom is 0.273 e. The third-order valence-corrected chi connectivity index (χ3v) is 4.17. The number of nitrogens with one attached hydrogen (secondary N) is 1. The lowest BCUT2D eigenvalue weighted by Crippen LogP contribution is -2.54. The number of nitrogens with zero attached hydrogens (tertiary/aromatic N) is 2. The summed E-state index contributed by atoms with van der Waals surface area (Å²) in [7, 11) is 0. The number of benzene rings is 1. The van der Waals surface area contributed by atoms with E-state index < -0.39 is 4.92 Å². The predicted molar refractivity (Wildman–Crippen MR) is 79.9 cm³/mol. The van der Waals surface area contributed by atoms with Crippen molar-refractivity contribution in [3.05, 3.63) is 39.4 Å². The van der Waals surface area contributed by atoms with Crippen molar-refractivity contribution in [3.8, 4) is 0 Å². The summed E-state index contributed by atoms with van der Waals surface area (Å²) in [4.78, 5) is 22.9. The number of hydrazine groups is 1. The van der Waals surface area contributed by atoms with Gasteiger partial charge in [-0.15, -0.1) is 0 Å². The van der Waals surface area contributed by atoms with Gasteiger partial charge in [0.15, 0.2) is 0 Å². The van der Waals surface area contributed by atoms with Gasteiger partial charge in [-0.3, -0.25) is 20.3 Å². The van der Waals surface area contributed by atoms with Crippen LogP contribution in [0.5, 0.6) is 0 Å². The second kappa shape index (κ2) is 6.22. The summed E-state index contributed by atoms with van der Waals surface area (Å²) in [5, 5.41) is 12.9. The van der Waals surface area contributed by atoms with Gasteiger partial charge in [-0.2, -0.15) is 0 Å². The molecule has 2 atom stereocenters. The number of carbonyl (C=O) groups excluding carboxylic acids is 1. The third kappa shape index (κ3) is 3.21. The molecule has 1 aliphatic rings. The van der Waals surface area contributed by atoms with Crippen LogP contribution in [0.15, 0.2) is 18.2 Å². The molecule has 114 valence electrons. The summed E-state index contributed by atoms with van der Waals surface area (Å²) < 4.78 is 0. The minimum Gasteiger partial charge on any atom is -0.284 e. The molecule has 0 saturated carbocycles. The van der Waals surface area contributed by atoms with E-state index in [4.69, 9.17) is 0 Å². The van der Waals surface area contributed by atoms with Gasteiger partial charge in [-0.1, -0.05) is 12.5 Å². The summed E-state index contributed by atoms with van der Waals surface area (Å²) in [6, 6.07) is 5.13. The van der Waals surface area contributed by atoms with Gasteiger partial charge in [0.1, 0.15) is 0 Å². The molecule has 1 aromatic rings. The van der Waals surface area contributed by atoms with Crippen LogP contribution in [0.25, 0.3) is 0 Å². The fraction of sp³-hybridized carbons (Fsp3) is 0.533. The largest absolute Gasteiger partial charge is 0.284 e. The van der Waals surface area contributed by atoms with Crippen LogP contribution < -0.4 is 5.43 Å². The molecular weight excluding hydrogens is 270 g/mol. The Morgan fingerprint density at radius 1 is 1.33 bits per heavy atom. The zero-order valence-corrected chi connectivity index (χ0v) is 12.6. The first kappa shape index (κ1) is 15.4. The molecule has 6 heteroatoms. The molecule has 0 radical (unpaired) electrons. The van der Waals surface area contributed by atoms with Crippen LogP contribution in [0.3, 0.4) is 0 Å². The molecule has 2 rings (SSSR count). The van der Waals surface area contributed by atoms with Crippen LogP contribution in [0.1, 0.15) is 49.0 Å². The Hall–Kier alpha value is -1.95. The third-order valence-electron chi connectivity index (χ3n) is 4.17. The Kier molecular flexibility index (Phi) is 4.57. The van der Waals surface area contributed by atoms with Gasteiger partial charge in [0.2, 0.25) is 0 Å². The average Bonchev–Trinajstić information content (AvgIpc) is 2.42. The normalized spacial score (nSPS) is 22.8. The SMILES string of the molecule is Cc1c(C(=O)NN2[C@H](C)CCC[C@@H]2C)cccc1[N+](=O)[O-]. The molecule has 0 aliphatic carbocycles. The summed E-state index contributed by atoms with van der Waals surface area (Å²) in [5.41, 5.74) is 3.64. The molecule has 1 heterocycles. The van der Waals surface area contributed by atoms with Crippen LogP contribution in [0.2, 0.25) is 0 Å². The Balaban J connectivity index is 2.21. The molecule has 0 aromatic heterocycles. The van der Waals surface area contributed by atoms with E-state index in [9.17, 15) is 14.9 Å². The van der Waals surface area contributed by atoms with Crippen LogP contribution in [-0.2, 0) is 0 Å². The minimum atomic E-state index is -0.460. The lowest BCUT2D eigenvalue weighted by molar-refractivity contribution is -0.385. The van der Waals surface area contributed by atoms with Crippen molar-refractivity contribution in [2.45, 2.75) is 52.1 Å². The number of carbonyl (C=O) groups is 1. The quantitative estimate of drug-likeness (QED) is 0.686. The lowest BCUT2D eigenvalue weighted by Gasteiger charge is -2.38. The lowest BCUT2D eigenvalue weighted by atomic mass is 9.99. The van der Waals surface area contributed by atoms with Crippen molar-refractivity contribution in [2.24, 2.45) is 0 Å². The smallest absolute Gasteiger partial charge is 0.273 e. The molecule has 21 heavy (non-hydrogen) atoms. The number of rotatable bonds is 3. The monoisotopic (exact) mass is 291 g/mol. The van der Waals surface area contributed by atoms with Gasteiger partial charge in [-0.25, -0.2) is 5.01 Å². The summed E-state index contributed by atoms with van der Waals surface area (Å²) in [5.74, 6) is -0.281. The molecule has 6 nitrogen and oxygen atoms in total. The van der Waals surface area contributed by atoms with E-state index in [0.29, 0.717) is 11.1 Å². The number of piperidine rings is 1. The summed E-state index contributed by atoms with van der Waals surface area (Å²) >= 11 is 0. The van der Waals surface area contributed by atoms with Gasteiger partial charge in [0.25, 0.3) is 11.6 Å². The predicted octanol–water partition coefficient (Wildman–Crippen LogP) is 2.81. The van der Waals surface area contributed by atoms with Crippen molar-refractivity contribution >= 4 is 11.6 Å². The van der Waals surface area contributed by atoms with Gasteiger partial charge >= 0.3 is 0 Å². The Morgan fingerprint density at radius 3 is 2.52 bits per heavy atom. The summed E-state index contributed by atoms with van der Waals surface area (Å²) in [6.07, 6.45) is 3.24. The van der Waals surface area contributed by atoms with Gasteiger partial charge < -0.3 is 0 Å². The van der Waals surface area contributed by atoms with Crippen molar-refractivity contribution in [3.63, 3.8) is 0 Å². The van der Waals surface area contributed by atoms with Crippen molar-refractivity contribution in [2.75, 3.05) is 0 Å². The Labute approximate surface area is 124 Å². The van der Waals surface area contributed by atoms with Gasteiger partial charge in [-0.05, 0) is 39.7 Å². The van der Waals surface area contributed by atoms with Crippen molar-refractivity contribution < 1.29 is 9.72 Å². The molecular formula is C15H21N3O3. The topological polar surface area (TPSA) is 75.5 Å². The zero-order chi connectivity index (χ0) is 15.6. The molecule has 0 unspecified atom stereocenters. The van der Waals surface area contributed by atoms with E-state index in [1.54, 1.807) is 19.1 Å².